The molecule has 0 aliphatic carbocycles. The van der Waals surface area contributed by atoms with Gasteiger partial charge in [0.1, 0.15) is 5.60 Å². The van der Waals surface area contributed by atoms with Gasteiger partial charge in [0.05, 0.1) is 4.90 Å². The fraction of sp³-hybridized carbons (Fsp3) is 0.680. The van der Waals surface area contributed by atoms with Crippen molar-refractivity contribution in [3.8, 4) is 0 Å². The number of ether oxygens (including phenoxy) is 1. The number of amides is 2. The molecule has 1 aromatic carbocycles. The lowest BCUT2D eigenvalue weighted by Crippen LogP contribution is -2.47. The summed E-state index contributed by atoms with van der Waals surface area (Å²) in [5.41, 5.74) is 1.31. The minimum absolute atomic E-state index is 0.0592. The Morgan fingerprint density at radius 2 is 1.59 bits per heavy atom. The maximum atomic E-state index is 13.4. The van der Waals surface area contributed by atoms with E-state index in [1.807, 2.05) is 27.7 Å². The van der Waals surface area contributed by atoms with E-state index in [2.05, 4.69) is 12.2 Å². The minimum Gasteiger partial charge on any atom is -0.444 e. The van der Waals surface area contributed by atoms with Gasteiger partial charge in [0.25, 0.3) is 5.91 Å². The molecule has 0 atom stereocenters. The Morgan fingerprint density at radius 3 is 2.15 bits per heavy atom. The lowest BCUT2D eigenvalue weighted by molar-refractivity contribution is 0.0473. The van der Waals surface area contributed by atoms with Gasteiger partial charge in [0.15, 0.2) is 0 Å². The average Bonchev–Trinajstić information content (AvgIpc) is 2.74. The van der Waals surface area contributed by atoms with Gasteiger partial charge in [-0.3, -0.25) is 4.79 Å². The van der Waals surface area contributed by atoms with Crippen molar-refractivity contribution in [3.05, 3.63) is 28.8 Å². The van der Waals surface area contributed by atoms with Crippen LogP contribution in [-0.2, 0) is 14.8 Å². The zero-order valence-electron chi connectivity index (χ0n) is 21.3. The molecule has 34 heavy (non-hydrogen) atoms. The Balaban J connectivity index is 1.70. The van der Waals surface area contributed by atoms with Crippen molar-refractivity contribution >= 4 is 22.0 Å². The SMILES string of the molecule is Cc1cc(C(=O)N2CCC(NC(=O)OC(C)(C)C)CC2)cc(S(=O)(=O)N2CCC(C)CC2)c1C. The Kier molecular flexibility index (Phi) is 7.97. The second-order valence-electron chi connectivity index (χ2n) is 10.7. The number of piperidine rings is 2. The van der Waals surface area contributed by atoms with Crippen LogP contribution in [0.2, 0.25) is 0 Å². The summed E-state index contributed by atoms with van der Waals surface area (Å²) in [6.07, 6.45) is 2.48. The highest BCUT2D eigenvalue weighted by atomic mass is 32.2. The third kappa shape index (κ3) is 6.30. The van der Waals surface area contributed by atoms with Gasteiger partial charge < -0.3 is 15.0 Å². The largest absolute Gasteiger partial charge is 0.444 e. The molecule has 9 heteroatoms. The summed E-state index contributed by atoms with van der Waals surface area (Å²) in [5.74, 6) is 0.345. The van der Waals surface area contributed by atoms with E-state index in [0.29, 0.717) is 56.1 Å². The van der Waals surface area contributed by atoms with Crippen LogP contribution in [0, 0.1) is 19.8 Å². The number of nitrogens with zero attached hydrogens (tertiary/aromatic N) is 2. The van der Waals surface area contributed by atoms with Crippen molar-refractivity contribution in [3.63, 3.8) is 0 Å². The van der Waals surface area contributed by atoms with Crippen molar-refractivity contribution < 1.29 is 22.7 Å². The zero-order chi connectivity index (χ0) is 25.3. The summed E-state index contributed by atoms with van der Waals surface area (Å²) in [6, 6.07) is 3.26. The quantitative estimate of drug-likeness (QED) is 0.687. The minimum atomic E-state index is -3.66. The van der Waals surface area contributed by atoms with E-state index in [-0.39, 0.29) is 16.8 Å². The van der Waals surface area contributed by atoms with Crippen molar-refractivity contribution in [1.29, 1.82) is 0 Å². The fourth-order valence-electron chi connectivity index (χ4n) is 4.47. The van der Waals surface area contributed by atoms with Crippen LogP contribution in [0.4, 0.5) is 4.79 Å². The van der Waals surface area contributed by atoms with E-state index in [9.17, 15) is 18.0 Å². The van der Waals surface area contributed by atoms with Crippen LogP contribution in [0.25, 0.3) is 0 Å². The van der Waals surface area contributed by atoms with Crippen LogP contribution >= 0.6 is 0 Å². The van der Waals surface area contributed by atoms with E-state index in [4.69, 9.17) is 4.74 Å². The van der Waals surface area contributed by atoms with Gasteiger partial charge in [-0.15, -0.1) is 0 Å². The summed E-state index contributed by atoms with van der Waals surface area (Å²) in [6.45, 7) is 13.2. The normalized spacial score (nSPS) is 19.2. The molecule has 2 saturated heterocycles. The second-order valence-corrected chi connectivity index (χ2v) is 12.6. The summed E-state index contributed by atoms with van der Waals surface area (Å²) in [5, 5.41) is 2.88. The number of carbonyl (C=O) groups excluding carboxylic acids is 2. The monoisotopic (exact) mass is 493 g/mol. The van der Waals surface area contributed by atoms with Gasteiger partial charge in [-0.05, 0) is 89.5 Å². The average molecular weight is 494 g/mol. The highest BCUT2D eigenvalue weighted by Gasteiger charge is 2.32. The standard InChI is InChI=1S/C25H39N3O5S/c1-17-7-13-28(14-8-17)34(31,32)22-16-20(15-18(2)19(22)3)23(29)27-11-9-21(10-12-27)26-24(30)33-25(4,5)6/h15-17,21H,7-14H2,1-6H3,(H,26,30). The lowest BCUT2D eigenvalue weighted by atomic mass is 10.0. The highest BCUT2D eigenvalue weighted by Crippen LogP contribution is 2.29. The number of aryl methyl sites for hydroxylation is 1. The molecule has 1 aromatic rings. The van der Waals surface area contributed by atoms with Crippen molar-refractivity contribution in [2.75, 3.05) is 26.2 Å². The van der Waals surface area contributed by atoms with Crippen molar-refractivity contribution in [2.24, 2.45) is 5.92 Å². The molecule has 0 aromatic heterocycles. The highest BCUT2D eigenvalue weighted by molar-refractivity contribution is 7.89. The topological polar surface area (TPSA) is 96.0 Å². The molecule has 3 rings (SSSR count). The maximum absolute atomic E-state index is 13.4. The van der Waals surface area contributed by atoms with E-state index >= 15 is 0 Å². The smallest absolute Gasteiger partial charge is 0.407 e. The van der Waals surface area contributed by atoms with E-state index in [0.717, 1.165) is 18.4 Å². The molecule has 0 bridgehead atoms. The van der Waals surface area contributed by atoms with Gasteiger partial charge >= 0.3 is 6.09 Å². The van der Waals surface area contributed by atoms with Crippen molar-refractivity contribution in [1.82, 2.24) is 14.5 Å². The summed E-state index contributed by atoms with van der Waals surface area (Å²) in [4.78, 5) is 27.3. The number of carbonyl (C=O) groups is 2. The number of hydrogen-bond acceptors (Lipinski definition) is 5. The first-order valence-corrected chi connectivity index (χ1v) is 13.6. The maximum Gasteiger partial charge on any atom is 0.407 e. The molecule has 2 aliphatic heterocycles. The molecule has 2 aliphatic rings. The number of alkyl carbamates (subject to hydrolysis) is 1. The van der Waals surface area contributed by atoms with E-state index in [1.165, 1.54) is 0 Å². The summed E-state index contributed by atoms with van der Waals surface area (Å²) < 4.78 is 33.7. The predicted molar refractivity (Wildman–Crippen MR) is 131 cm³/mol. The Hall–Kier alpha value is -2.13. The Labute approximate surface area is 204 Å². The van der Waals surface area contributed by atoms with Crippen LogP contribution in [0.3, 0.4) is 0 Å². The zero-order valence-corrected chi connectivity index (χ0v) is 22.1. The van der Waals surface area contributed by atoms with E-state index in [1.54, 1.807) is 28.3 Å². The van der Waals surface area contributed by atoms with Gasteiger partial charge in [-0.1, -0.05) is 6.92 Å². The molecule has 0 unspecified atom stereocenters. The van der Waals surface area contributed by atoms with Crippen LogP contribution in [-0.4, -0.2) is 67.4 Å². The third-order valence-electron chi connectivity index (χ3n) is 6.73. The number of benzene rings is 1. The molecule has 2 fully saturated rings. The molecule has 0 spiro atoms. The number of likely N-dealkylation sites (tertiary alicyclic amines) is 1. The molecular weight excluding hydrogens is 454 g/mol. The molecule has 1 N–H and O–H groups in total. The van der Waals surface area contributed by atoms with Gasteiger partial charge in [-0.25, -0.2) is 13.2 Å². The molecule has 0 radical (unpaired) electrons. The Morgan fingerprint density at radius 1 is 1.00 bits per heavy atom. The summed E-state index contributed by atoms with van der Waals surface area (Å²) in [7, 11) is -3.66. The van der Waals surface area contributed by atoms with Crippen LogP contribution in [0.1, 0.15) is 74.9 Å². The lowest BCUT2D eigenvalue weighted by Gasteiger charge is -2.33. The first-order chi connectivity index (χ1) is 15.8. The number of hydrogen-bond donors (Lipinski definition) is 1. The predicted octanol–water partition coefficient (Wildman–Crippen LogP) is 3.85. The van der Waals surface area contributed by atoms with Crippen LogP contribution in [0.5, 0.6) is 0 Å². The second kappa shape index (κ2) is 10.2. The van der Waals surface area contributed by atoms with E-state index < -0.39 is 21.7 Å². The van der Waals surface area contributed by atoms with Gasteiger partial charge in [-0.2, -0.15) is 4.31 Å². The number of sulfonamides is 1. The third-order valence-corrected chi connectivity index (χ3v) is 8.75. The number of rotatable bonds is 4. The van der Waals surface area contributed by atoms with Crippen LogP contribution in [0.15, 0.2) is 17.0 Å². The molecule has 0 saturated carbocycles. The molecule has 2 amide bonds. The molecule has 8 nitrogen and oxygen atoms in total. The molecular formula is C25H39N3O5S. The first kappa shape index (κ1) is 26.5. The molecule has 2 heterocycles. The van der Waals surface area contributed by atoms with Gasteiger partial charge in [0, 0.05) is 37.8 Å². The van der Waals surface area contributed by atoms with Crippen LogP contribution < -0.4 is 5.32 Å². The first-order valence-electron chi connectivity index (χ1n) is 12.2. The fourth-order valence-corrected chi connectivity index (χ4v) is 6.26. The van der Waals surface area contributed by atoms with Gasteiger partial charge in [0.2, 0.25) is 10.0 Å². The number of nitrogens with one attached hydrogen (secondary N) is 1. The Bertz CT molecular complexity index is 1020. The molecule has 190 valence electrons. The van der Waals surface area contributed by atoms with Crippen molar-refractivity contribution in [2.45, 2.75) is 83.8 Å². The summed E-state index contributed by atoms with van der Waals surface area (Å²) >= 11 is 0.